The third-order valence-corrected chi connectivity index (χ3v) is 4.99. The summed E-state index contributed by atoms with van der Waals surface area (Å²) in [5, 5.41) is 7.13. The van der Waals surface area contributed by atoms with Gasteiger partial charge in [0.05, 0.1) is 11.8 Å². The first-order valence-electron chi connectivity index (χ1n) is 9.47. The Balaban J connectivity index is 1.48. The number of hydrogen-bond acceptors (Lipinski definition) is 4. The minimum Gasteiger partial charge on any atom is -0.396 e. The molecule has 0 aliphatic heterocycles. The summed E-state index contributed by atoms with van der Waals surface area (Å²) in [6.07, 6.45) is 5.75. The highest BCUT2D eigenvalue weighted by atomic mass is 35.5. The quantitative estimate of drug-likeness (QED) is 0.324. The van der Waals surface area contributed by atoms with Gasteiger partial charge in [0.1, 0.15) is 11.8 Å². The molecule has 1 aromatic heterocycles. The molecule has 146 valence electrons. The number of aromatic nitrogens is 1. The summed E-state index contributed by atoms with van der Waals surface area (Å²) >= 11 is 6.04. The fraction of sp³-hybridized carbons (Fsp3) is 0.174. The van der Waals surface area contributed by atoms with Crippen LogP contribution in [0.4, 0.5) is 5.69 Å². The van der Waals surface area contributed by atoms with Crippen molar-refractivity contribution < 1.29 is 9.63 Å². The fourth-order valence-electron chi connectivity index (χ4n) is 2.87. The van der Waals surface area contributed by atoms with Crippen LogP contribution in [0, 0.1) is 5.92 Å². The van der Waals surface area contributed by atoms with Crippen LogP contribution in [0.15, 0.2) is 72.0 Å². The Morgan fingerprint density at radius 2 is 1.93 bits per heavy atom. The third-order valence-electron chi connectivity index (χ3n) is 4.68. The van der Waals surface area contributed by atoms with Gasteiger partial charge in [-0.05, 0) is 48.1 Å². The molecular weight excluding hydrogens is 386 g/mol. The molecule has 0 unspecified atom stereocenters. The van der Waals surface area contributed by atoms with E-state index in [0.29, 0.717) is 23.8 Å². The first-order valence-corrected chi connectivity index (χ1v) is 9.85. The second-order valence-electron chi connectivity index (χ2n) is 6.94. The van der Waals surface area contributed by atoms with E-state index in [1.165, 1.54) is 12.8 Å². The van der Waals surface area contributed by atoms with Crippen LogP contribution < -0.4 is 5.32 Å². The monoisotopic (exact) mass is 405 g/mol. The van der Waals surface area contributed by atoms with Gasteiger partial charge in [0.2, 0.25) is 0 Å². The van der Waals surface area contributed by atoms with Crippen LogP contribution in [-0.4, -0.2) is 23.7 Å². The van der Waals surface area contributed by atoms with E-state index in [1.54, 1.807) is 24.5 Å². The number of oxime groups is 1. The summed E-state index contributed by atoms with van der Waals surface area (Å²) in [4.78, 5) is 21.9. The lowest BCUT2D eigenvalue weighted by Crippen LogP contribution is -2.13. The van der Waals surface area contributed by atoms with Crippen molar-refractivity contribution in [1.82, 2.24) is 4.98 Å². The van der Waals surface area contributed by atoms with Gasteiger partial charge in [-0.15, -0.1) is 0 Å². The molecule has 1 fully saturated rings. The summed E-state index contributed by atoms with van der Waals surface area (Å²) in [6.45, 7) is 0.697. The minimum absolute atomic E-state index is 0.176. The Bertz CT molecular complexity index is 1030. The van der Waals surface area contributed by atoms with Crippen LogP contribution in [0.2, 0.25) is 5.15 Å². The Hall–Kier alpha value is -3.18. The van der Waals surface area contributed by atoms with Crippen molar-refractivity contribution in [2.75, 3.05) is 11.9 Å². The Labute approximate surface area is 174 Å². The van der Waals surface area contributed by atoms with Crippen molar-refractivity contribution in [3.05, 3.63) is 83.1 Å². The zero-order valence-corrected chi connectivity index (χ0v) is 16.5. The van der Waals surface area contributed by atoms with Gasteiger partial charge in [-0.25, -0.2) is 4.98 Å². The van der Waals surface area contributed by atoms with E-state index in [0.717, 1.165) is 16.7 Å². The van der Waals surface area contributed by atoms with E-state index in [1.807, 2.05) is 48.5 Å². The van der Waals surface area contributed by atoms with E-state index >= 15 is 0 Å². The molecule has 1 heterocycles. The average Bonchev–Trinajstić information content (AvgIpc) is 3.57. The summed E-state index contributed by atoms with van der Waals surface area (Å²) in [7, 11) is 0. The second kappa shape index (κ2) is 8.88. The van der Waals surface area contributed by atoms with Gasteiger partial charge in [0.15, 0.2) is 0 Å². The number of pyridine rings is 1. The maximum atomic E-state index is 12.6. The van der Waals surface area contributed by atoms with Crippen molar-refractivity contribution in [3.63, 3.8) is 0 Å². The number of anilines is 1. The number of carbonyl (C=O) groups is 1. The smallest absolute Gasteiger partial charge is 0.258 e. The summed E-state index contributed by atoms with van der Waals surface area (Å²) < 4.78 is 0. The van der Waals surface area contributed by atoms with Crippen molar-refractivity contribution in [3.8, 4) is 11.1 Å². The van der Waals surface area contributed by atoms with Gasteiger partial charge in [0, 0.05) is 17.4 Å². The molecule has 3 aromatic rings. The molecule has 1 saturated carbocycles. The molecular formula is C23H20ClN3O2. The standard InChI is InChI=1S/C23H20ClN3O2/c24-22-20(5-3-13-25-22)23(28)27-21-6-2-1-4-19(21)18-11-9-16(10-12-18)14-26-29-15-17-7-8-17/h1-6,9-14,17H,7-8,15H2,(H,27,28). The zero-order chi connectivity index (χ0) is 20.1. The first-order chi connectivity index (χ1) is 14.2. The molecule has 1 aliphatic rings. The van der Waals surface area contributed by atoms with E-state index < -0.39 is 0 Å². The van der Waals surface area contributed by atoms with Crippen molar-refractivity contribution in [1.29, 1.82) is 0 Å². The number of amides is 1. The number of nitrogens with one attached hydrogen (secondary N) is 1. The van der Waals surface area contributed by atoms with Gasteiger partial charge in [-0.2, -0.15) is 0 Å². The first kappa shape index (κ1) is 19.2. The maximum absolute atomic E-state index is 12.6. The molecule has 0 spiro atoms. The molecule has 29 heavy (non-hydrogen) atoms. The number of nitrogens with zero attached hydrogens (tertiary/aromatic N) is 2. The molecule has 4 rings (SSSR count). The molecule has 0 bridgehead atoms. The Morgan fingerprint density at radius 1 is 1.14 bits per heavy atom. The van der Waals surface area contributed by atoms with E-state index in [9.17, 15) is 4.79 Å². The summed E-state index contributed by atoms with van der Waals surface area (Å²) in [5.41, 5.74) is 3.88. The molecule has 1 aliphatic carbocycles. The van der Waals surface area contributed by atoms with Crippen LogP contribution >= 0.6 is 11.6 Å². The SMILES string of the molecule is O=C(Nc1ccccc1-c1ccc(C=NOCC2CC2)cc1)c1cccnc1Cl. The van der Waals surface area contributed by atoms with Gasteiger partial charge >= 0.3 is 0 Å². The van der Waals surface area contributed by atoms with E-state index in [4.69, 9.17) is 16.4 Å². The summed E-state index contributed by atoms with van der Waals surface area (Å²) in [5.74, 6) is 0.384. The number of benzene rings is 2. The topological polar surface area (TPSA) is 63.6 Å². The van der Waals surface area contributed by atoms with Crippen LogP contribution in [0.5, 0.6) is 0 Å². The van der Waals surface area contributed by atoms with Crippen LogP contribution in [0.1, 0.15) is 28.8 Å². The largest absolute Gasteiger partial charge is 0.396 e. The molecule has 0 radical (unpaired) electrons. The van der Waals surface area contributed by atoms with Crippen LogP contribution in [0.25, 0.3) is 11.1 Å². The van der Waals surface area contributed by atoms with Gasteiger partial charge in [-0.3, -0.25) is 4.79 Å². The normalized spacial score (nSPS) is 13.4. The zero-order valence-electron chi connectivity index (χ0n) is 15.7. The lowest BCUT2D eigenvalue weighted by Gasteiger charge is -2.12. The molecule has 2 aromatic carbocycles. The third kappa shape index (κ3) is 5.00. The van der Waals surface area contributed by atoms with Crippen molar-refractivity contribution in [2.24, 2.45) is 11.1 Å². The molecule has 6 heteroatoms. The predicted molar refractivity (Wildman–Crippen MR) is 115 cm³/mol. The van der Waals surface area contributed by atoms with E-state index in [2.05, 4.69) is 15.5 Å². The maximum Gasteiger partial charge on any atom is 0.258 e. The molecule has 5 nitrogen and oxygen atoms in total. The van der Waals surface area contributed by atoms with Gasteiger partial charge in [0.25, 0.3) is 5.91 Å². The summed E-state index contributed by atoms with van der Waals surface area (Å²) in [6, 6.07) is 18.9. The second-order valence-corrected chi connectivity index (χ2v) is 7.30. The molecule has 1 N–H and O–H groups in total. The Morgan fingerprint density at radius 3 is 2.69 bits per heavy atom. The minimum atomic E-state index is -0.299. The number of carbonyl (C=O) groups excluding carboxylic acids is 1. The van der Waals surface area contributed by atoms with Crippen LogP contribution in [-0.2, 0) is 4.84 Å². The van der Waals surface area contributed by atoms with Crippen molar-refractivity contribution in [2.45, 2.75) is 12.8 Å². The fourth-order valence-corrected chi connectivity index (χ4v) is 3.07. The van der Waals surface area contributed by atoms with Gasteiger partial charge < -0.3 is 10.2 Å². The highest BCUT2D eigenvalue weighted by Crippen LogP contribution is 2.29. The number of rotatable bonds is 7. The molecule has 1 amide bonds. The molecule has 0 saturated heterocycles. The highest BCUT2D eigenvalue weighted by Gasteiger charge is 2.21. The van der Waals surface area contributed by atoms with E-state index in [-0.39, 0.29) is 11.1 Å². The lowest BCUT2D eigenvalue weighted by molar-refractivity contribution is 0.102. The highest BCUT2D eigenvalue weighted by molar-refractivity contribution is 6.33. The Kier molecular flexibility index (Phi) is 5.86. The molecule has 0 atom stereocenters. The average molecular weight is 406 g/mol. The van der Waals surface area contributed by atoms with Crippen molar-refractivity contribution >= 4 is 29.4 Å². The number of para-hydroxylation sites is 1. The lowest BCUT2D eigenvalue weighted by atomic mass is 10.0. The predicted octanol–water partition coefficient (Wildman–Crippen LogP) is 5.41. The number of halogens is 1. The van der Waals surface area contributed by atoms with Gasteiger partial charge in [-0.1, -0.05) is 59.2 Å². The number of hydrogen-bond donors (Lipinski definition) is 1. The van der Waals surface area contributed by atoms with Crippen LogP contribution in [0.3, 0.4) is 0 Å².